The third-order valence-electron chi connectivity index (χ3n) is 4.47. The van der Waals surface area contributed by atoms with Gasteiger partial charge in [-0.2, -0.15) is 0 Å². The second-order valence-corrected chi connectivity index (χ2v) is 6.50. The molecular formula is C20H19N3O2. The Morgan fingerprint density at radius 1 is 1.24 bits per heavy atom. The number of carbonyl (C=O) groups is 1. The summed E-state index contributed by atoms with van der Waals surface area (Å²) in [5, 5.41) is 1.10. The lowest BCUT2D eigenvalue weighted by Crippen LogP contribution is -2.31. The molecule has 5 heteroatoms. The molecule has 1 aliphatic heterocycles. The van der Waals surface area contributed by atoms with E-state index in [1.54, 1.807) is 17.3 Å². The van der Waals surface area contributed by atoms with Crippen LogP contribution in [0, 0.1) is 13.8 Å². The average molecular weight is 333 g/mol. The molecule has 0 spiro atoms. The largest absolute Gasteiger partial charge is 0.467 e. The number of pyridine rings is 2. The van der Waals surface area contributed by atoms with Crippen LogP contribution < -0.4 is 4.74 Å². The van der Waals surface area contributed by atoms with E-state index in [0.717, 1.165) is 22.0 Å². The van der Waals surface area contributed by atoms with Crippen molar-refractivity contribution in [1.82, 2.24) is 14.9 Å². The van der Waals surface area contributed by atoms with Gasteiger partial charge in [0.25, 0.3) is 5.91 Å². The molecule has 5 nitrogen and oxygen atoms in total. The second kappa shape index (κ2) is 6.16. The summed E-state index contributed by atoms with van der Waals surface area (Å²) in [5.41, 5.74) is 5.19. The number of hydrogen-bond donors (Lipinski definition) is 0. The monoisotopic (exact) mass is 333 g/mol. The van der Waals surface area contributed by atoms with Gasteiger partial charge in [0, 0.05) is 29.9 Å². The van der Waals surface area contributed by atoms with Crippen LogP contribution >= 0.6 is 0 Å². The molecule has 3 heterocycles. The van der Waals surface area contributed by atoms with Crippen molar-refractivity contribution in [3.8, 4) is 5.88 Å². The summed E-state index contributed by atoms with van der Waals surface area (Å²) in [6, 6.07) is 10.1. The Morgan fingerprint density at radius 2 is 2.12 bits per heavy atom. The standard InChI is InChI=1S/C20H19N3O2/c1-13-6-14(2)17-8-16-11-23(10-15-4-3-5-21-9-15)19(24)12-25-20(16)22-18(17)7-13/h3-9H,10-12H2,1-2H3. The fourth-order valence-electron chi connectivity index (χ4n) is 3.26. The molecule has 0 N–H and O–H groups in total. The lowest BCUT2D eigenvalue weighted by molar-refractivity contribution is -0.133. The lowest BCUT2D eigenvalue weighted by atomic mass is 10.0. The van der Waals surface area contributed by atoms with Gasteiger partial charge in [-0.1, -0.05) is 12.1 Å². The maximum atomic E-state index is 12.5. The van der Waals surface area contributed by atoms with Gasteiger partial charge in [0.15, 0.2) is 6.61 Å². The number of rotatable bonds is 2. The SMILES string of the molecule is Cc1cc(C)c2cc3c(nc2c1)OCC(=O)N(Cc1cccnc1)C3. The molecular weight excluding hydrogens is 314 g/mol. The Kier molecular flexibility index (Phi) is 3.84. The van der Waals surface area contributed by atoms with E-state index in [1.807, 2.05) is 18.2 Å². The Bertz CT molecular complexity index is 954. The molecule has 4 rings (SSSR count). The molecule has 0 saturated carbocycles. The van der Waals surface area contributed by atoms with E-state index in [-0.39, 0.29) is 12.5 Å². The van der Waals surface area contributed by atoms with Crippen LogP contribution in [0.3, 0.4) is 0 Å². The number of hydrogen-bond acceptors (Lipinski definition) is 4. The van der Waals surface area contributed by atoms with E-state index < -0.39 is 0 Å². The number of benzene rings is 1. The van der Waals surface area contributed by atoms with Gasteiger partial charge in [0.1, 0.15) is 0 Å². The van der Waals surface area contributed by atoms with E-state index in [9.17, 15) is 4.79 Å². The van der Waals surface area contributed by atoms with Gasteiger partial charge in [-0.3, -0.25) is 9.78 Å². The first-order chi connectivity index (χ1) is 12.1. The Morgan fingerprint density at radius 3 is 2.92 bits per heavy atom. The summed E-state index contributed by atoms with van der Waals surface area (Å²) < 4.78 is 5.70. The maximum Gasteiger partial charge on any atom is 0.261 e. The van der Waals surface area contributed by atoms with Crippen LogP contribution in [0.15, 0.2) is 42.7 Å². The van der Waals surface area contributed by atoms with Gasteiger partial charge in [-0.25, -0.2) is 4.98 Å². The van der Waals surface area contributed by atoms with Crippen molar-refractivity contribution >= 4 is 16.8 Å². The van der Waals surface area contributed by atoms with Crippen LogP contribution in [0.2, 0.25) is 0 Å². The van der Waals surface area contributed by atoms with Crippen molar-refractivity contribution in [3.05, 3.63) is 65.0 Å². The van der Waals surface area contributed by atoms with E-state index >= 15 is 0 Å². The normalized spacial score (nSPS) is 14.2. The second-order valence-electron chi connectivity index (χ2n) is 6.50. The zero-order chi connectivity index (χ0) is 17.4. The summed E-state index contributed by atoms with van der Waals surface area (Å²) in [6.07, 6.45) is 3.51. The number of fused-ring (bicyclic) bond motifs is 2. The predicted octanol–water partition coefficient (Wildman–Crippen LogP) is 3.17. The van der Waals surface area contributed by atoms with Crippen LogP contribution in [0.1, 0.15) is 22.3 Å². The highest BCUT2D eigenvalue weighted by molar-refractivity contribution is 5.85. The Hall–Kier alpha value is -2.95. The minimum Gasteiger partial charge on any atom is -0.467 e. The Balaban J connectivity index is 1.72. The van der Waals surface area contributed by atoms with E-state index in [2.05, 4.69) is 35.9 Å². The molecule has 3 aromatic rings. The van der Waals surface area contributed by atoms with Gasteiger partial charge in [-0.05, 0) is 48.7 Å². The van der Waals surface area contributed by atoms with Crippen LogP contribution in [0.4, 0.5) is 0 Å². The fraction of sp³-hybridized carbons (Fsp3) is 0.250. The highest BCUT2D eigenvalue weighted by Crippen LogP contribution is 2.29. The first kappa shape index (κ1) is 15.6. The van der Waals surface area contributed by atoms with E-state index in [1.165, 1.54) is 11.1 Å². The smallest absolute Gasteiger partial charge is 0.261 e. The van der Waals surface area contributed by atoms with Crippen molar-refractivity contribution in [2.45, 2.75) is 26.9 Å². The summed E-state index contributed by atoms with van der Waals surface area (Å²) in [6.45, 7) is 5.15. The van der Waals surface area contributed by atoms with Crippen LogP contribution in [0.25, 0.3) is 10.9 Å². The Labute approximate surface area is 146 Å². The fourth-order valence-corrected chi connectivity index (χ4v) is 3.26. The first-order valence-corrected chi connectivity index (χ1v) is 8.30. The average Bonchev–Trinajstić information content (AvgIpc) is 2.74. The molecule has 25 heavy (non-hydrogen) atoms. The van der Waals surface area contributed by atoms with Crippen LogP contribution in [-0.4, -0.2) is 27.4 Å². The van der Waals surface area contributed by atoms with Crippen molar-refractivity contribution in [1.29, 1.82) is 0 Å². The van der Waals surface area contributed by atoms with E-state index in [4.69, 9.17) is 4.74 Å². The predicted molar refractivity (Wildman–Crippen MR) is 95.2 cm³/mol. The quantitative estimate of drug-likeness (QED) is 0.723. The molecule has 0 unspecified atom stereocenters. The zero-order valence-electron chi connectivity index (χ0n) is 14.3. The molecule has 0 aliphatic carbocycles. The highest BCUT2D eigenvalue weighted by Gasteiger charge is 2.23. The van der Waals surface area contributed by atoms with Crippen molar-refractivity contribution in [2.75, 3.05) is 6.61 Å². The molecule has 0 bridgehead atoms. The molecule has 0 fully saturated rings. The van der Waals surface area contributed by atoms with Gasteiger partial charge >= 0.3 is 0 Å². The molecule has 1 amide bonds. The molecule has 0 radical (unpaired) electrons. The molecule has 1 aromatic carbocycles. The van der Waals surface area contributed by atoms with Gasteiger partial charge in [-0.15, -0.1) is 0 Å². The number of amides is 1. The molecule has 0 saturated heterocycles. The number of ether oxygens (including phenoxy) is 1. The zero-order valence-corrected chi connectivity index (χ0v) is 14.3. The first-order valence-electron chi connectivity index (χ1n) is 8.30. The number of carbonyl (C=O) groups excluding carboxylic acids is 1. The molecule has 126 valence electrons. The highest BCUT2D eigenvalue weighted by atomic mass is 16.5. The molecule has 1 aliphatic rings. The number of aryl methyl sites for hydroxylation is 2. The van der Waals surface area contributed by atoms with Gasteiger partial charge < -0.3 is 9.64 Å². The minimum atomic E-state index is -0.0428. The van der Waals surface area contributed by atoms with Crippen molar-refractivity contribution < 1.29 is 9.53 Å². The van der Waals surface area contributed by atoms with E-state index in [0.29, 0.717) is 19.0 Å². The van der Waals surface area contributed by atoms with Crippen molar-refractivity contribution in [3.63, 3.8) is 0 Å². The topological polar surface area (TPSA) is 55.3 Å². The molecule has 2 aromatic heterocycles. The lowest BCUT2D eigenvalue weighted by Gasteiger charge is -2.20. The summed E-state index contributed by atoms with van der Waals surface area (Å²) >= 11 is 0. The number of aromatic nitrogens is 2. The maximum absolute atomic E-state index is 12.5. The number of nitrogens with zero attached hydrogens (tertiary/aromatic N) is 3. The molecule has 0 atom stereocenters. The summed E-state index contributed by atoms with van der Waals surface area (Å²) in [7, 11) is 0. The summed E-state index contributed by atoms with van der Waals surface area (Å²) in [5.74, 6) is 0.512. The third-order valence-corrected chi connectivity index (χ3v) is 4.47. The third kappa shape index (κ3) is 3.05. The van der Waals surface area contributed by atoms with Crippen LogP contribution in [0.5, 0.6) is 5.88 Å². The van der Waals surface area contributed by atoms with Gasteiger partial charge in [0.05, 0.1) is 12.1 Å². The van der Waals surface area contributed by atoms with Crippen molar-refractivity contribution in [2.24, 2.45) is 0 Å². The minimum absolute atomic E-state index is 0.0105. The van der Waals surface area contributed by atoms with Gasteiger partial charge in [0.2, 0.25) is 5.88 Å². The van der Waals surface area contributed by atoms with Crippen LogP contribution in [-0.2, 0) is 17.9 Å². The summed E-state index contributed by atoms with van der Waals surface area (Å²) in [4.78, 5) is 23.0.